The van der Waals surface area contributed by atoms with Crippen LogP contribution in [0.25, 0.3) is 0 Å². The first-order chi connectivity index (χ1) is 7.11. The molecule has 0 amide bonds. The minimum atomic E-state index is 0.0551. The maximum Gasteiger partial charge on any atom is 0.142 e. The topological polar surface area (TPSA) is 58.6 Å². The van der Waals surface area contributed by atoms with Crippen molar-refractivity contribution in [2.45, 2.75) is 12.8 Å². The summed E-state index contributed by atoms with van der Waals surface area (Å²) in [6, 6.07) is 3.70. The summed E-state index contributed by atoms with van der Waals surface area (Å²) in [4.78, 5) is 0. The van der Waals surface area contributed by atoms with Crippen LogP contribution in [-0.4, -0.2) is 11.0 Å². The van der Waals surface area contributed by atoms with Crippen LogP contribution in [-0.2, 0) is 12.8 Å². The van der Waals surface area contributed by atoms with Gasteiger partial charge in [0.15, 0.2) is 0 Å². The van der Waals surface area contributed by atoms with Crippen LogP contribution in [0.3, 0.4) is 0 Å². The third-order valence-corrected chi connectivity index (χ3v) is 3.43. The second-order valence-electron chi connectivity index (χ2n) is 3.67. The molecule has 0 saturated carbocycles. The maximum absolute atomic E-state index is 8.59. The van der Waals surface area contributed by atoms with Crippen molar-refractivity contribution >= 4 is 29.0 Å². The number of oxime groups is 1. The van der Waals surface area contributed by atoms with Crippen molar-refractivity contribution in [1.82, 2.24) is 0 Å². The summed E-state index contributed by atoms with van der Waals surface area (Å²) in [7, 11) is 0. The number of amidine groups is 1. The molecule has 1 aliphatic rings. The Bertz CT molecular complexity index is 401. The van der Waals surface area contributed by atoms with Crippen molar-refractivity contribution < 1.29 is 5.21 Å². The Balaban J connectivity index is 2.32. The number of hydrogen-bond acceptors (Lipinski definition) is 2. The lowest BCUT2D eigenvalue weighted by Gasteiger charge is -2.04. The average molecular weight is 245 g/mol. The first-order valence-electron chi connectivity index (χ1n) is 4.56. The van der Waals surface area contributed by atoms with Gasteiger partial charge in [0.1, 0.15) is 5.84 Å². The fraction of sp³-hybridized carbons (Fsp3) is 0.300. The zero-order chi connectivity index (χ0) is 11.0. The summed E-state index contributed by atoms with van der Waals surface area (Å²) in [5.74, 6) is 0.318. The molecule has 1 aromatic rings. The van der Waals surface area contributed by atoms with Gasteiger partial charge in [-0.3, -0.25) is 0 Å². The van der Waals surface area contributed by atoms with Gasteiger partial charge in [0.2, 0.25) is 0 Å². The van der Waals surface area contributed by atoms with E-state index in [1.807, 2.05) is 12.1 Å². The Hall–Kier alpha value is -0.930. The van der Waals surface area contributed by atoms with Crippen molar-refractivity contribution in [2.24, 2.45) is 16.8 Å². The number of benzene rings is 1. The molecule has 0 bridgehead atoms. The molecule has 0 spiro atoms. The van der Waals surface area contributed by atoms with Gasteiger partial charge in [-0.25, -0.2) is 0 Å². The van der Waals surface area contributed by atoms with E-state index in [1.165, 1.54) is 0 Å². The lowest BCUT2D eigenvalue weighted by Crippen LogP contribution is -2.23. The standard InChI is InChI=1S/C10H10Cl2N2O/c11-8-3-5-1-7(10(13)14-15)2-6(5)4-9(8)12/h3-4,7,15H,1-2H2,(H2,13,14). The largest absolute Gasteiger partial charge is 0.409 e. The molecule has 0 atom stereocenters. The number of fused-ring (bicyclic) bond motifs is 1. The number of nitrogens with two attached hydrogens (primary N) is 1. The van der Waals surface area contributed by atoms with Crippen LogP contribution in [0.1, 0.15) is 11.1 Å². The number of halogens is 2. The highest BCUT2D eigenvalue weighted by atomic mass is 35.5. The van der Waals surface area contributed by atoms with Crippen LogP contribution in [0.15, 0.2) is 17.3 Å². The van der Waals surface area contributed by atoms with Gasteiger partial charge in [0, 0.05) is 5.92 Å². The van der Waals surface area contributed by atoms with Crippen LogP contribution in [0.5, 0.6) is 0 Å². The zero-order valence-corrected chi connectivity index (χ0v) is 9.39. The first-order valence-corrected chi connectivity index (χ1v) is 5.31. The molecule has 1 aliphatic carbocycles. The van der Waals surface area contributed by atoms with E-state index >= 15 is 0 Å². The van der Waals surface area contributed by atoms with E-state index in [1.54, 1.807) is 0 Å². The number of rotatable bonds is 1. The molecule has 3 N–H and O–H groups in total. The van der Waals surface area contributed by atoms with E-state index in [-0.39, 0.29) is 11.8 Å². The highest BCUT2D eigenvalue weighted by Gasteiger charge is 2.25. The second-order valence-corrected chi connectivity index (χ2v) is 4.48. The van der Waals surface area contributed by atoms with Gasteiger partial charge in [-0.05, 0) is 36.1 Å². The average Bonchev–Trinajstić information content (AvgIpc) is 2.60. The minimum absolute atomic E-state index is 0.0551. The Morgan fingerprint density at radius 3 is 2.13 bits per heavy atom. The monoisotopic (exact) mass is 244 g/mol. The minimum Gasteiger partial charge on any atom is -0.409 e. The zero-order valence-electron chi connectivity index (χ0n) is 7.87. The van der Waals surface area contributed by atoms with Crippen molar-refractivity contribution in [3.8, 4) is 0 Å². The molecule has 0 unspecified atom stereocenters. The lowest BCUT2D eigenvalue weighted by molar-refractivity contribution is 0.314. The van der Waals surface area contributed by atoms with Gasteiger partial charge in [-0.1, -0.05) is 28.4 Å². The Labute approximate surface area is 97.5 Å². The Morgan fingerprint density at radius 1 is 1.27 bits per heavy atom. The fourth-order valence-electron chi connectivity index (χ4n) is 1.90. The van der Waals surface area contributed by atoms with Gasteiger partial charge in [0.25, 0.3) is 0 Å². The van der Waals surface area contributed by atoms with Crippen molar-refractivity contribution in [3.05, 3.63) is 33.3 Å². The summed E-state index contributed by atoms with van der Waals surface area (Å²) in [6.45, 7) is 0. The van der Waals surface area contributed by atoms with Crippen LogP contribution in [0.4, 0.5) is 0 Å². The third kappa shape index (κ3) is 1.90. The molecule has 0 radical (unpaired) electrons. The molecular weight excluding hydrogens is 235 g/mol. The quantitative estimate of drug-likeness (QED) is 0.345. The van der Waals surface area contributed by atoms with Gasteiger partial charge in [0.05, 0.1) is 10.0 Å². The smallest absolute Gasteiger partial charge is 0.142 e. The summed E-state index contributed by atoms with van der Waals surface area (Å²) >= 11 is 11.8. The van der Waals surface area contributed by atoms with Crippen LogP contribution < -0.4 is 5.73 Å². The summed E-state index contributed by atoms with van der Waals surface area (Å²) < 4.78 is 0. The van der Waals surface area contributed by atoms with E-state index in [9.17, 15) is 0 Å². The molecule has 0 aliphatic heterocycles. The molecule has 0 heterocycles. The van der Waals surface area contributed by atoms with E-state index in [0.29, 0.717) is 10.0 Å². The van der Waals surface area contributed by atoms with E-state index in [4.69, 9.17) is 34.1 Å². The molecule has 2 rings (SSSR count). The van der Waals surface area contributed by atoms with Gasteiger partial charge in [-0.15, -0.1) is 0 Å². The Kier molecular flexibility index (Phi) is 2.76. The Morgan fingerprint density at radius 2 is 1.73 bits per heavy atom. The number of nitrogens with zero attached hydrogens (tertiary/aromatic N) is 1. The maximum atomic E-state index is 8.59. The summed E-state index contributed by atoms with van der Waals surface area (Å²) in [5, 5.41) is 12.7. The van der Waals surface area contributed by atoms with E-state index in [0.717, 1.165) is 24.0 Å². The summed E-state index contributed by atoms with van der Waals surface area (Å²) in [5.41, 5.74) is 7.82. The van der Waals surface area contributed by atoms with Crippen molar-refractivity contribution in [2.75, 3.05) is 0 Å². The third-order valence-electron chi connectivity index (χ3n) is 2.71. The highest BCUT2D eigenvalue weighted by molar-refractivity contribution is 6.42. The molecular formula is C10H10Cl2N2O. The molecule has 0 fully saturated rings. The molecule has 80 valence electrons. The van der Waals surface area contributed by atoms with Gasteiger partial charge >= 0.3 is 0 Å². The first kappa shape index (κ1) is 10.6. The van der Waals surface area contributed by atoms with Crippen LogP contribution in [0, 0.1) is 5.92 Å². The highest BCUT2D eigenvalue weighted by Crippen LogP contribution is 2.33. The van der Waals surface area contributed by atoms with Crippen LogP contribution in [0.2, 0.25) is 10.0 Å². The van der Waals surface area contributed by atoms with Crippen molar-refractivity contribution in [3.63, 3.8) is 0 Å². The van der Waals surface area contributed by atoms with E-state index in [2.05, 4.69) is 5.16 Å². The molecule has 3 nitrogen and oxygen atoms in total. The SMILES string of the molecule is NC(=NO)C1Cc2cc(Cl)c(Cl)cc2C1. The molecule has 0 aromatic heterocycles. The van der Waals surface area contributed by atoms with E-state index < -0.39 is 0 Å². The predicted octanol–water partition coefficient (Wildman–Crippen LogP) is 2.45. The fourth-order valence-corrected chi connectivity index (χ4v) is 2.28. The molecule has 5 heteroatoms. The normalized spacial score (nSPS) is 16.8. The summed E-state index contributed by atoms with van der Waals surface area (Å²) in [6.07, 6.45) is 1.50. The van der Waals surface area contributed by atoms with Gasteiger partial charge < -0.3 is 10.9 Å². The number of hydrogen-bond donors (Lipinski definition) is 2. The molecule has 0 saturated heterocycles. The molecule has 1 aromatic carbocycles. The predicted molar refractivity (Wildman–Crippen MR) is 60.8 cm³/mol. The second kappa shape index (κ2) is 3.91. The lowest BCUT2D eigenvalue weighted by atomic mass is 10.1. The van der Waals surface area contributed by atoms with Crippen molar-refractivity contribution in [1.29, 1.82) is 0 Å². The molecule has 15 heavy (non-hydrogen) atoms. The van der Waals surface area contributed by atoms with Gasteiger partial charge in [-0.2, -0.15) is 0 Å². The van der Waals surface area contributed by atoms with Crippen LogP contribution >= 0.6 is 23.2 Å².